The molecule has 0 aliphatic rings. The van der Waals surface area contributed by atoms with Crippen LogP contribution in [0, 0.1) is 0 Å². The first kappa shape index (κ1) is 13.4. The van der Waals surface area contributed by atoms with Crippen molar-refractivity contribution in [1.82, 2.24) is 10.4 Å². The average Bonchev–Trinajstić information content (AvgIpc) is 2.46. The lowest BCUT2D eigenvalue weighted by Crippen LogP contribution is -2.30. The predicted molar refractivity (Wildman–Crippen MR) is 76.3 cm³/mol. The number of aromatic nitrogens is 1. The van der Waals surface area contributed by atoms with Crippen LogP contribution in [0.1, 0.15) is 16.2 Å². The van der Waals surface area contributed by atoms with Crippen molar-refractivity contribution < 1.29 is 4.79 Å². The topological polar surface area (TPSA) is 94.0 Å². The van der Waals surface area contributed by atoms with Crippen LogP contribution in [0.25, 0.3) is 0 Å². The first-order chi connectivity index (χ1) is 9.19. The number of carbonyl (C=O) groups is 1. The number of carbonyl (C=O) groups excluding carboxylic acids is 1. The zero-order chi connectivity index (χ0) is 13.7. The first-order valence-corrected chi connectivity index (χ1v) is 6.63. The molecule has 0 aliphatic heterocycles. The Bertz CT molecular complexity index is 571. The van der Waals surface area contributed by atoms with E-state index in [1.807, 2.05) is 30.3 Å². The number of hydrogen-bond donors (Lipinski definition) is 3. The SMILES string of the molecule is NNC(=O)c1cccc(CSc2ccc(N)cc2)n1. The molecule has 5 N–H and O–H groups in total. The highest BCUT2D eigenvalue weighted by Gasteiger charge is 2.06. The molecule has 19 heavy (non-hydrogen) atoms. The molecule has 0 saturated heterocycles. The molecule has 0 fully saturated rings. The summed E-state index contributed by atoms with van der Waals surface area (Å²) in [6.45, 7) is 0. The van der Waals surface area contributed by atoms with Gasteiger partial charge in [0.05, 0.1) is 5.69 Å². The van der Waals surface area contributed by atoms with Gasteiger partial charge in [-0.2, -0.15) is 0 Å². The van der Waals surface area contributed by atoms with E-state index in [1.165, 1.54) is 0 Å². The molecular formula is C13H14N4OS. The number of nitrogens with one attached hydrogen (secondary N) is 1. The third-order valence-corrected chi connectivity index (χ3v) is 3.48. The van der Waals surface area contributed by atoms with Crippen molar-refractivity contribution in [2.45, 2.75) is 10.6 Å². The Morgan fingerprint density at radius 2 is 1.95 bits per heavy atom. The Hall–Kier alpha value is -2.05. The van der Waals surface area contributed by atoms with E-state index >= 15 is 0 Å². The van der Waals surface area contributed by atoms with Crippen LogP contribution in [0.4, 0.5) is 5.69 Å². The summed E-state index contributed by atoms with van der Waals surface area (Å²) in [6.07, 6.45) is 0. The lowest BCUT2D eigenvalue weighted by molar-refractivity contribution is 0.0948. The van der Waals surface area contributed by atoms with Gasteiger partial charge in [0.25, 0.3) is 5.91 Å². The molecule has 0 unspecified atom stereocenters. The van der Waals surface area contributed by atoms with Gasteiger partial charge in [-0.1, -0.05) is 6.07 Å². The number of amides is 1. The molecule has 0 aliphatic carbocycles. The molecular weight excluding hydrogens is 260 g/mol. The number of rotatable bonds is 4. The molecule has 2 aromatic rings. The summed E-state index contributed by atoms with van der Waals surface area (Å²) in [5.74, 6) is 5.36. The van der Waals surface area contributed by atoms with E-state index in [4.69, 9.17) is 11.6 Å². The van der Waals surface area contributed by atoms with E-state index in [0.29, 0.717) is 11.4 Å². The quantitative estimate of drug-likeness (QED) is 0.258. The van der Waals surface area contributed by atoms with Crippen molar-refractivity contribution in [2.75, 3.05) is 5.73 Å². The molecule has 0 atom stereocenters. The summed E-state index contributed by atoms with van der Waals surface area (Å²) in [6, 6.07) is 12.9. The van der Waals surface area contributed by atoms with Crippen molar-refractivity contribution in [3.8, 4) is 0 Å². The van der Waals surface area contributed by atoms with Gasteiger partial charge in [-0.05, 0) is 36.4 Å². The van der Waals surface area contributed by atoms with Crippen LogP contribution in [-0.4, -0.2) is 10.9 Å². The van der Waals surface area contributed by atoms with Crippen LogP contribution in [0.15, 0.2) is 47.4 Å². The Kier molecular flexibility index (Phi) is 4.38. The average molecular weight is 274 g/mol. The number of anilines is 1. The van der Waals surface area contributed by atoms with Gasteiger partial charge in [-0.15, -0.1) is 11.8 Å². The molecule has 1 aromatic carbocycles. The number of thioether (sulfide) groups is 1. The van der Waals surface area contributed by atoms with Crippen LogP contribution >= 0.6 is 11.8 Å². The maximum Gasteiger partial charge on any atom is 0.283 e. The normalized spacial score (nSPS) is 10.2. The summed E-state index contributed by atoms with van der Waals surface area (Å²) >= 11 is 1.63. The second kappa shape index (κ2) is 6.21. The highest BCUT2D eigenvalue weighted by molar-refractivity contribution is 7.98. The maximum absolute atomic E-state index is 11.4. The first-order valence-electron chi connectivity index (χ1n) is 5.64. The molecule has 0 spiro atoms. The van der Waals surface area contributed by atoms with Gasteiger partial charge in [-0.3, -0.25) is 10.2 Å². The van der Waals surface area contributed by atoms with E-state index in [-0.39, 0.29) is 5.91 Å². The van der Waals surface area contributed by atoms with E-state index in [1.54, 1.807) is 23.9 Å². The fourth-order valence-corrected chi connectivity index (χ4v) is 2.29. The molecule has 1 amide bonds. The molecule has 2 rings (SSSR count). The Balaban J connectivity index is 2.03. The maximum atomic E-state index is 11.4. The van der Waals surface area contributed by atoms with Crippen LogP contribution < -0.4 is 17.0 Å². The summed E-state index contributed by atoms with van der Waals surface area (Å²) in [7, 11) is 0. The lowest BCUT2D eigenvalue weighted by atomic mass is 10.3. The van der Waals surface area contributed by atoms with Crippen molar-refractivity contribution in [3.05, 3.63) is 53.9 Å². The van der Waals surface area contributed by atoms with Crippen molar-refractivity contribution in [1.29, 1.82) is 0 Å². The number of nitrogens with two attached hydrogens (primary N) is 2. The third kappa shape index (κ3) is 3.70. The second-order valence-corrected chi connectivity index (χ2v) is 4.89. The van der Waals surface area contributed by atoms with Gasteiger partial charge < -0.3 is 5.73 Å². The van der Waals surface area contributed by atoms with Crippen molar-refractivity contribution in [3.63, 3.8) is 0 Å². The molecule has 1 aromatic heterocycles. The fourth-order valence-electron chi connectivity index (χ4n) is 1.48. The second-order valence-electron chi connectivity index (χ2n) is 3.85. The number of pyridine rings is 1. The predicted octanol–water partition coefficient (Wildman–Crippen LogP) is 1.56. The summed E-state index contributed by atoms with van der Waals surface area (Å²) < 4.78 is 0. The molecule has 0 saturated carbocycles. The van der Waals surface area contributed by atoms with E-state index in [9.17, 15) is 4.79 Å². The van der Waals surface area contributed by atoms with E-state index in [0.717, 1.165) is 16.3 Å². The van der Waals surface area contributed by atoms with Gasteiger partial charge in [0.15, 0.2) is 0 Å². The Morgan fingerprint density at radius 3 is 2.63 bits per heavy atom. The zero-order valence-corrected chi connectivity index (χ0v) is 11.0. The monoisotopic (exact) mass is 274 g/mol. The highest BCUT2D eigenvalue weighted by Crippen LogP contribution is 2.22. The van der Waals surface area contributed by atoms with Gasteiger partial charge in [0.2, 0.25) is 0 Å². The molecule has 98 valence electrons. The van der Waals surface area contributed by atoms with Gasteiger partial charge in [0.1, 0.15) is 5.69 Å². The molecule has 0 bridgehead atoms. The van der Waals surface area contributed by atoms with Crippen molar-refractivity contribution in [2.24, 2.45) is 5.84 Å². The number of benzene rings is 1. The van der Waals surface area contributed by atoms with Gasteiger partial charge in [0, 0.05) is 16.3 Å². The molecule has 6 heteroatoms. The van der Waals surface area contributed by atoms with Crippen molar-refractivity contribution >= 4 is 23.4 Å². The standard InChI is InChI=1S/C13H14N4OS/c14-9-4-6-11(7-5-9)19-8-10-2-1-3-12(16-10)13(18)17-15/h1-7H,8,14-15H2,(H,17,18). The third-order valence-electron chi connectivity index (χ3n) is 2.44. The van der Waals surface area contributed by atoms with Crippen LogP contribution in [0.5, 0.6) is 0 Å². The Labute approximate surface area is 115 Å². The molecule has 1 heterocycles. The number of hydrazine groups is 1. The number of hydrogen-bond acceptors (Lipinski definition) is 5. The van der Waals surface area contributed by atoms with Crippen LogP contribution in [0.2, 0.25) is 0 Å². The van der Waals surface area contributed by atoms with Gasteiger partial charge in [-0.25, -0.2) is 10.8 Å². The highest BCUT2D eigenvalue weighted by atomic mass is 32.2. The minimum Gasteiger partial charge on any atom is -0.399 e. The fraction of sp³-hybridized carbons (Fsp3) is 0.0769. The largest absolute Gasteiger partial charge is 0.399 e. The van der Waals surface area contributed by atoms with Crippen LogP contribution in [-0.2, 0) is 5.75 Å². The molecule has 0 radical (unpaired) electrons. The Morgan fingerprint density at radius 1 is 1.21 bits per heavy atom. The number of nitrogens with zero attached hydrogens (tertiary/aromatic N) is 1. The minimum atomic E-state index is -0.390. The van der Waals surface area contributed by atoms with Crippen LogP contribution in [0.3, 0.4) is 0 Å². The van der Waals surface area contributed by atoms with E-state index < -0.39 is 0 Å². The lowest BCUT2D eigenvalue weighted by Gasteiger charge is -2.04. The summed E-state index contributed by atoms with van der Waals surface area (Å²) in [5.41, 5.74) is 9.57. The smallest absolute Gasteiger partial charge is 0.283 e. The zero-order valence-electron chi connectivity index (χ0n) is 10.2. The minimum absolute atomic E-state index is 0.318. The summed E-state index contributed by atoms with van der Waals surface area (Å²) in [5, 5.41) is 0. The summed E-state index contributed by atoms with van der Waals surface area (Å²) in [4.78, 5) is 16.7. The van der Waals surface area contributed by atoms with E-state index in [2.05, 4.69) is 10.4 Å². The molecule has 5 nitrogen and oxygen atoms in total. The number of nitrogen functional groups attached to an aromatic ring is 2. The van der Waals surface area contributed by atoms with Gasteiger partial charge >= 0.3 is 0 Å².